The molecule has 0 saturated heterocycles. The quantitative estimate of drug-likeness (QED) is 0.923. The molecule has 0 saturated carbocycles. The van der Waals surface area contributed by atoms with Gasteiger partial charge in [-0.25, -0.2) is 0 Å². The lowest BCUT2D eigenvalue weighted by atomic mass is 10.1. The molecule has 0 radical (unpaired) electrons. The van der Waals surface area contributed by atoms with Crippen molar-refractivity contribution in [2.75, 3.05) is 26.0 Å². The Kier molecular flexibility index (Phi) is 5.36. The molecule has 0 aromatic heterocycles. The first-order chi connectivity index (χ1) is 11.0. The largest absolute Gasteiger partial charge is 0.494 e. The van der Waals surface area contributed by atoms with Gasteiger partial charge in [0.15, 0.2) is 0 Å². The van der Waals surface area contributed by atoms with Gasteiger partial charge in [-0.15, -0.1) is 0 Å². The molecule has 0 atom stereocenters. The second-order valence-corrected chi connectivity index (χ2v) is 5.19. The highest BCUT2D eigenvalue weighted by Gasteiger charge is 2.10. The van der Waals surface area contributed by atoms with E-state index in [1.807, 2.05) is 6.92 Å². The summed E-state index contributed by atoms with van der Waals surface area (Å²) in [5.74, 6) is 0.382. The van der Waals surface area contributed by atoms with E-state index >= 15 is 0 Å². The minimum atomic E-state index is -0.234. The van der Waals surface area contributed by atoms with Crippen molar-refractivity contribution < 1.29 is 14.3 Å². The van der Waals surface area contributed by atoms with Gasteiger partial charge >= 0.3 is 0 Å². The van der Waals surface area contributed by atoms with Gasteiger partial charge in [0.1, 0.15) is 5.75 Å². The molecular weight excluding hydrogens is 292 g/mol. The molecule has 0 aliphatic carbocycles. The molecular formula is C18H20N2O3. The number of ether oxygens (including phenoxy) is 1. The molecule has 2 aromatic rings. The number of nitrogens with zero attached hydrogens (tertiary/aromatic N) is 1. The zero-order valence-electron chi connectivity index (χ0n) is 13.5. The van der Waals surface area contributed by atoms with Crippen LogP contribution < -0.4 is 10.1 Å². The summed E-state index contributed by atoms with van der Waals surface area (Å²) in [6.45, 7) is 2.49. The van der Waals surface area contributed by atoms with Crippen molar-refractivity contribution in [1.82, 2.24) is 4.90 Å². The number of carbonyl (C=O) groups excluding carboxylic acids is 2. The van der Waals surface area contributed by atoms with E-state index in [0.717, 1.165) is 5.75 Å². The Hall–Kier alpha value is -2.82. The molecule has 2 amide bonds. The molecule has 0 unspecified atom stereocenters. The summed E-state index contributed by atoms with van der Waals surface area (Å²) in [6, 6.07) is 13.8. The third-order valence-corrected chi connectivity index (χ3v) is 3.20. The second kappa shape index (κ2) is 7.45. The smallest absolute Gasteiger partial charge is 0.255 e. The molecule has 0 aliphatic rings. The molecule has 0 bridgehead atoms. The third-order valence-electron chi connectivity index (χ3n) is 3.20. The fourth-order valence-electron chi connectivity index (χ4n) is 2.06. The van der Waals surface area contributed by atoms with E-state index in [1.54, 1.807) is 62.6 Å². The highest BCUT2D eigenvalue weighted by Crippen LogP contribution is 2.16. The van der Waals surface area contributed by atoms with Gasteiger partial charge in [0.2, 0.25) is 0 Å². The molecule has 1 N–H and O–H groups in total. The fourth-order valence-corrected chi connectivity index (χ4v) is 2.06. The Bertz CT molecular complexity index is 694. The molecule has 0 spiro atoms. The zero-order valence-corrected chi connectivity index (χ0v) is 13.5. The van der Waals surface area contributed by atoms with Crippen LogP contribution in [-0.4, -0.2) is 37.4 Å². The summed E-state index contributed by atoms with van der Waals surface area (Å²) in [5, 5.41) is 2.79. The number of rotatable bonds is 5. The Morgan fingerprint density at radius 1 is 1.04 bits per heavy atom. The summed E-state index contributed by atoms with van der Waals surface area (Å²) in [7, 11) is 3.38. The van der Waals surface area contributed by atoms with Crippen molar-refractivity contribution in [1.29, 1.82) is 0 Å². The van der Waals surface area contributed by atoms with Crippen LogP contribution in [0.15, 0.2) is 48.5 Å². The Labute approximate surface area is 135 Å². The van der Waals surface area contributed by atoms with Crippen molar-refractivity contribution in [3.05, 3.63) is 59.7 Å². The highest BCUT2D eigenvalue weighted by molar-refractivity contribution is 6.05. The average Bonchev–Trinajstić information content (AvgIpc) is 2.55. The van der Waals surface area contributed by atoms with Crippen molar-refractivity contribution in [3.8, 4) is 5.75 Å². The zero-order chi connectivity index (χ0) is 16.8. The van der Waals surface area contributed by atoms with E-state index in [4.69, 9.17) is 4.74 Å². The van der Waals surface area contributed by atoms with Crippen LogP contribution in [-0.2, 0) is 0 Å². The fraction of sp³-hybridized carbons (Fsp3) is 0.222. The topological polar surface area (TPSA) is 58.6 Å². The van der Waals surface area contributed by atoms with Gasteiger partial charge < -0.3 is 15.0 Å². The summed E-state index contributed by atoms with van der Waals surface area (Å²) in [5.41, 5.74) is 1.63. The number of amides is 2. The summed E-state index contributed by atoms with van der Waals surface area (Å²) < 4.78 is 5.35. The Balaban J connectivity index is 2.10. The molecule has 2 aromatic carbocycles. The van der Waals surface area contributed by atoms with Crippen molar-refractivity contribution in [2.24, 2.45) is 0 Å². The number of anilines is 1. The van der Waals surface area contributed by atoms with Crippen LogP contribution in [0.5, 0.6) is 5.75 Å². The van der Waals surface area contributed by atoms with Crippen LogP contribution in [0, 0.1) is 0 Å². The molecule has 23 heavy (non-hydrogen) atoms. The van der Waals surface area contributed by atoms with Gasteiger partial charge in [-0.2, -0.15) is 0 Å². The molecule has 5 heteroatoms. The first-order valence-electron chi connectivity index (χ1n) is 7.37. The van der Waals surface area contributed by atoms with Crippen LogP contribution in [0.4, 0.5) is 5.69 Å². The van der Waals surface area contributed by atoms with Gasteiger partial charge in [0.05, 0.1) is 6.61 Å². The molecule has 120 valence electrons. The van der Waals surface area contributed by atoms with Crippen LogP contribution in [0.3, 0.4) is 0 Å². The lowest BCUT2D eigenvalue weighted by Crippen LogP contribution is -2.21. The summed E-state index contributed by atoms with van der Waals surface area (Å²) >= 11 is 0. The van der Waals surface area contributed by atoms with E-state index in [2.05, 4.69) is 5.32 Å². The van der Waals surface area contributed by atoms with E-state index in [0.29, 0.717) is 23.4 Å². The van der Waals surface area contributed by atoms with E-state index in [9.17, 15) is 9.59 Å². The van der Waals surface area contributed by atoms with Crippen molar-refractivity contribution in [2.45, 2.75) is 6.92 Å². The number of carbonyl (C=O) groups is 2. The first kappa shape index (κ1) is 16.5. The lowest BCUT2D eigenvalue weighted by molar-refractivity contribution is 0.0827. The maximum atomic E-state index is 12.3. The maximum Gasteiger partial charge on any atom is 0.255 e. The van der Waals surface area contributed by atoms with Crippen molar-refractivity contribution in [3.63, 3.8) is 0 Å². The Morgan fingerprint density at radius 2 is 1.74 bits per heavy atom. The molecule has 0 fully saturated rings. The number of hydrogen-bond acceptors (Lipinski definition) is 3. The van der Waals surface area contributed by atoms with Gasteiger partial charge in [-0.05, 0) is 49.4 Å². The van der Waals surface area contributed by atoms with Crippen LogP contribution in [0.25, 0.3) is 0 Å². The SMILES string of the molecule is CCOc1ccc(C(=O)Nc2cccc(C(=O)N(C)C)c2)cc1. The standard InChI is InChI=1S/C18H20N2O3/c1-4-23-16-10-8-13(9-11-16)17(21)19-15-7-5-6-14(12-15)18(22)20(2)3/h5-12H,4H2,1-3H3,(H,19,21). The van der Waals surface area contributed by atoms with Crippen LogP contribution in [0.1, 0.15) is 27.6 Å². The van der Waals surface area contributed by atoms with Crippen molar-refractivity contribution >= 4 is 17.5 Å². The monoisotopic (exact) mass is 312 g/mol. The Morgan fingerprint density at radius 3 is 2.35 bits per heavy atom. The minimum Gasteiger partial charge on any atom is -0.494 e. The van der Waals surface area contributed by atoms with E-state index < -0.39 is 0 Å². The normalized spacial score (nSPS) is 10.0. The lowest BCUT2D eigenvalue weighted by Gasteiger charge is -2.12. The third kappa shape index (κ3) is 4.32. The highest BCUT2D eigenvalue weighted by atomic mass is 16.5. The van der Waals surface area contributed by atoms with Gasteiger partial charge in [0.25, 0.3) is 11.8 Å². The average molecular weight is 312 g/mol. The predicted octanol–water partition coefficient (Wildman–Crippen LogP) is 3.04. The molecule has 2 rings (SSSR count). The summed E-state index contributed by atoms with van der Waals surface area (Å²) in [4.78, 5) is 25.7. The molecule has 0 aliphatic heterocycles. The first-order valence-corrected chi connectivity index (χ1v) is 7.37. The predicted molar refractivity (Wildman–Crippen MR) is 90.0 cm³/mol. The van der Waals surface area contributed by atoms with E-state index in [-0.39, 0.29) is 11.8 Å². The number of benzene rings is 2. The van der Waals surface area contributed by atoms with Crippen LogP contribution in [0.2, 0.25) is 0 Å². The van der Waals surface area contributed by atoms with Gasteiger partial charge in [-0.3, -0.25) is 9.59 Å². The second-order valence-electron chi connectivity index (χ2n) is 5.19. The summed E-state index contributed by atoms with van der Waals surface area (Å²) in [6.07, 6.45) is 0. The number of nitrogens with one attached hydrogen (secondary N) is 1. The van der Waals surface area contributed by atoms with Gasteiger partial charge in [0, 0.05) is 30.9 Å². The minimum absolute atomic E-state index is 0.109. The van der Waals surface area contributed by atoms with Crippen LogP contribution >= 0.6 is 0 Å². The number of hydrogen-bond donors (Lipinski definition) is 1. The maximum absolute atomic E-state index is 12.3. The van der Waals surface area contributed by atoms with Gasteiger partial charge in [-0.1, -0.05) is 6.07 Å². The van der Waals surface area contributed by atoms with E-state index in [1.165, 1.54) is 4.90 Å². The molecule has 0 heterocycles. The molecule has 5 nitrogen and oxygen atoms in total.